The highest BCUT2D eigenvalue weighted by Gasteiger charge is 2.22. The Hall–Kier alpha value is -0.160. The molecule has 0 saturated heterocycles. The maximum Gasteiger partial charge on any atom is 0.0944 e. The maximum atomic E-state index is 9.09. The first-order valence-electron chi connectivity index (χ1n) is 5.83. The maximum absolute atomic E-state index is 9.09. The number of hydrogen-bond acceptors (Lipinski definition) is 2. The number of rotatable bonds is 4. The van der Waals surface area contributed by atoms with Crippen LogP contribution in [0, 0.1) is 17.2 Å². The lowest BCUT2D eigenvalue weighted by Crippen LogP contribution is -2.18. The van der Waals surface area contributed by atoms with Crippen molar-refractivity contribution >= 4 is 11.8 Å². The molecule has 1 aliphatic carbocycles. The Morgan fingerprint density at radius 3 is 2.50 bits per heavy atom. The van der Waals surface area contributed by atoms with Crippen molar-refractivity contribution in [2.45, 2.75) is 62.9 Å². The average molecular weight is 211 g/mol. The fourth-order valence-corrected chi connectivity index (χ4v) is 3.46. The zero-order valence-electron chi connectivity index (χ0n) is 9.33. The van der Waals surface area contributed by atoms with Gasteiger partial charge < -0.3 is 0 Å². The molecule has 0 aliphatic heterocycles. The lowest BCUT2D eigenvalue weighted by Gasteiger charge is -2.25. The van der Waals surface area contributed by atoms with Gasteiger partial charge in [0, 0.05) is 5.25 Å². The Balaban J connectivity index is 2.35. The van der Waals surface area contributed by atoms with Crippen molar-refractivity contribution in [2.24, 2.45) is 5.92 Å². The summed E-state index contributed by atoms with van der Waals surface area (Å²) in [5.74, 6) is 0.548. The predicted molar refractivity (Wildman–Crippen MR) is 63.3 cm³/mol. The molecule has 0 spiro atoms. The first-order valence-corrected chi connectivity index (χ1v) is 6.77. The van der Waals surface area contributed by atoms with E-state index >= 15 is 0 Å². The van der Waals surface area contributed by atoms with Crippen molar-refractivity contribution in [1.29, 1.82) is 5.26 Å². The van der Waals surface area contributed by atoms with Crippen LogP contribution in [0.4, 0.5) is 0 Å². The summed E-state index contributed by atoms with van der Waals surface area (Å²) in [5.41, 5.74) is 0. The minimum Gasteiger partial charge on any atom is -0.197 e. The average Bonchev–Trinajstić information content (AvgIpc) is 2.26. The van der Waals surface area contributed by atoms with Crippen LogP contribution >= 0.6 is 11.8 Å². The molecule has 0 amide bonds. The SMILES string of the molecule is CCC(C)C(C#N)SC1CCCCC1. The van der Waals surface area contributed by atoms with Crippen LogP contribution in [0.3, 0.4) is 0 Å². The monoisotopic (exact) mass is 211 g/mol. The second-order valence-electron chi connectivity index (χ2n) is 4.33. The molecule has 1 nitrogen and oxygen atoms in total. The van der Waals surface area contributed by atoms with Crippen LogP contribution in [0.2, 0.25) is 0 Å². The van der Waals surface area contributed by atoms with E-state index in [4.69, 9.17) is 5.26 Å². The summed E-state index contributed by atoms with van der Waals surface area (Å²) < 4.78 is 0. The smallest absolute Gasteiger partial charge is 0.0944 e. The fraction of sp³-hybridized carbons (Fsp3) is 0.917. The summed E-state index contributed by atoms with van der Waals surface area (Å²) in [7, 11) is 0. The number of hydrogen-bond donors (Lipinski definition) is 0. The first-order chi connectivity index (χ1) is 6.77. The topological polar surface area (TPSA) is 23.8 Å². The highest BCUT2D eigenvalue weighted by Crippen LogP contribution is 2.34. The van der Waals surface area contributed by atoms with Crippen molar-refractivity contribution in [2.75, 3.05) is 0 Å². The van der Waals surface area contributed by atoms with E-state index < -0.39 is 0 Å². The lowest BCUT2D eigenvalue weighted by molar-refractivity contribution is 0.511. The van der Waals surface area contributed by atoms with Crippen molar-refractivity contribution in [3.05, 3.63) is 0 Å². The Morgan fingerprint density at radius 2 is 2.00 bits per heavy atom. The highest BCUT2D eigenvalue weighted by molar-refractivity contribution is 8.00. The molecular weight excluding hydrogens is 190 g/mol. The van der Waals surface area contributed by atoms with E-state index in [1.54, 1.807) is 0 Å². The summed E-state index contributed by atoms with van der Waals surface area (Å²) in [6.07, 6.45) is 7.93. The third-order valence-electron chi connectivity index (χ3n) is 3.18. The molecule has 1 fully saturated rings. The van der Waals surface area contributed by atoms with Gasteiger partial charge in [0.2, 0.25) is 0 Å². The van der Waals surface area contributed by atoms with E-state index in [2.05, 4.69) is 19.9 Å². The first kappa shape index (κ1) is 11.9. The molecule has 1 saturated carbocycles. The molecule has 14 heavy (non-hydrogen) atoms. The molecule has 0 heterocycles. The van der Waals surface area contributed by atoms with Crippen molar-refractivity contribution in [1.82, 2.24) is 0 Å². The standard InChI is InChI=1S/C12H21NS/c1-3-10(2)12(9-13)14-11-7-5-4-6-8-11/h10-12H,3-8H2,1-2H3. The van der Waals surface area contributed by atoms with Gasteiger partial charge in [0.05, 0.1) is 11.3 Å². The number of nitrogens with zero attached hydrogens (tertiary/aromatic N) is 1. The quantitative estimate of drug-likeness (QED) is 0.702. The molecule has 1 rings (SSSR count). The molecule has 0 N–H and O–H groups in total. The Morgan fingerprint density at radius 1 is 1.36 bits per heavy atom. The molecule has 2 heteroatoms. The summed E-state index contributed by atoms with van der Waals surface area (Å²) in [6.45, 7) is 4.38. The van der Waals surface area contributed by atoms with Gasteiger partial charge in [-0.2, -0.15) is 5.26 Å². The zero-order chi connectivity index (χ0) is 10.4. The summed E-state index contributed by atoms with van der Waals surface area (Å²) in [6, 6.07) is 2.46. The van der Waals surface area contributed by atoms with E-state index in [9.17, 15) is 0 Å². The van der Waals surface area contributed by atoms with Gasteiger partial charge in [0.25, 0.3) is 0 Å². The zero-order valence-corrected chi connectivity index (χ0v) is 10.1. The molecule has 80 valence electrons. The van der Waals surface area contributed by atoms with Gasteiger partial charge in [-0.3, -0.25) is 0 Å². The number of thioether (sulfide) groups is 1. The molecule has 1 aliphatic rings. The summed E-state index contributed by atoms with van der Waals surface area (Å²) in [5, 5.41) is 10.1. The van der Waals surface area contributed by atoms with Gasteiger partial charge in [0.1, 0.15) is 0 Å². The van der Waals surface area contributed by atoms with E-state index in [-0.39, 0.29) is 5.25 Å². The van der Waals surface area contributed by atoms with E-state index in [1.165, 1.54) is 32.1 Å². The van der Waals surface area contributed by atoms with Crippen LogP contribution in [0.15, 0.2) is 0 Å². The normalized spacial score (nSPS) is 22.6. The largest absolute Gasteiger partial charge is 0.197 e. The van der Waals surface area contributed by atoms with Crippen molar-refractivity contribution in [3.8, 4) is 6.07 Å². The van der Waals surface area contributed by atoms with E-state index in [0.717, 1.165) is 11.7 Å². The molecule has 2 atom stereocenters. The second-order valence-corrected chi connectivity index (χ2v) is 5.78. The van der Waals surface area contributed by atoms with Gasteiger partial charge in [-0.05, 0) is 18.8 Å². The van der Waals surface area contributed by atoms with Crippen LogP contribution in [0.1, 0.15) is 52.4 Å². The third-order valence-corrected chi connectivity index (χ3v) is 4.90. The Kier molecular flexibility index (Phi) is 5.40. The highest BCUT2D eigenvalue weighted by atomic mass is 32.2. The Labute approximate surface area is 92.3 Å². The van der Waals surface area contributed by atoms with E-state index in [0.29, 0.717) is 5.92 Å². The van der Waals surface area contributed by atoms with Crippen molar-refractivity contribution in [3.63, 3.8) is 0 Å². The van der Waals surface area contributed by atoms with Gasteiger partial charge in [-0.25, -0.2) is 0 Å². The molecule has 0 aromatic heterocycles. The lowest BCUT2D eigenvalue weighted by atomic mass is 10.0. The molecule has 0 bridgehead atoms. The molecular formula is C12H21NS. The molecule has 0 aromatic carbocycles. The summed E-state index contributed by atoms with van der Waals surface area (Å²) >= 11 is 1.94. The summed E-state index contributed by atoms with van der Waals surface area (Å²) in [4.78, 5) is 0. The van der Waals surface area contributed by atoms with Gasteiger partial charge in [-0.15, -0.1) is 11.8 Å². The van der Waals surface area contributed by atoms with Crippen LogP contribution in [-0.4, -0.2) is 10.5 Å². The molecule has 2 unspecified atom stereocenters. The van der Waals surface area contributed by atoms with Crippen molar-refractivity contribution < 1.29 is 0 Å². The van der Waals surface area contributed by atoms with Gasteiger partial charge in [0.15, 0.2) is 0 Å². The van der Waals surface area contributed by atoms with E-state index in [1.807, 2.05) is 11.8 Å². The Bertz CT molecular complexity index is 191. The predicted octanol–water partition coefficient (Wildman–Crippen LogP) is 3.99. The van der Waals surface area contributed by atoms with Crippen LogP contribution in [-0.2, 0) is 0 Å². The van der Waals surface area contributed by atoms with Gasteiger partial charge in [-0.1, -0.05) is 39.5 Å². The minimum absolute atomic E-state index is 0.225. The second kappa shape index (κ2) is 6.35. The van der Waals surface area contributed by atoms with Crippen LogP contribution in [0.25, 0.3) is 0 Å². The van der Waals surface area contributed by atoms with Crippen LogP contribution < -0.4 is 0 Å². The molecule has 0 radical (unpaired) electrons. The minimum atomic E-state index is 0.225. The molecule has 0 aromatic rings. The fourth-order valence-electron chi connectivity index (χ4n) is 1.91. The third kappa shape index (κ3) is 3.53. The number of nitriles is 1. The van der Waals surface area contributed by atoms with Crippen LogP contribution in [0.5, 0.6) is 0 Å². The van der Waals surface area contributed by atoms with Gasteiger partial charge >= 0.3 is 0 Å².